The van der Waals surface area contributed by atoms with Crippen LogP contribution in [0.4, 0.5) is 11.4 Å². The van der Waals surface area contributed by atoms with Gasteiger partial charge in [0.15, 0.2) is 0 Å². The van der Waals surface area contributed by atoms with Gasteiger partial charge in [0.05, 0.1) is 10.2 Å². The highest BCUT2D eigenvalue weighted by Crippen LogP contribution is 2.26. The van der Waals surface area contributed by atoms with E-state index >= 15 is 0 Å². The molecule has 0 unspecified atom stereocenters. The molecule has 0 bridgehead atoms. The fraction of sp³-hybridized carbons (Fsp3) is 0.133. The van der Waals surface area contributed by atoms with E-state index in [0.29, 0.717) is 10.7 Å². The zero-order valence-corrected chi connectivity index (χ0v) is 13.2. The lowest BCUT2D eigenvalue weighted by molar-refractivity contribution is -0.384. The zero-order chi connectivity index (χ0) is 16.1. The van der Waals surface area contributed by atoms with Gasteiger partial charge >= 0.3 is 0 Å². The Bertz CT molecular complexity index is 691. The molecule has 2 rings (SSSR count). The topological polar surface area (TPSA) is 72.2 Å². The Balaban J connectivity index is 2.00. The van der Waals surface area contributed by atoms with E-state index in [2.05, 4.69) is 5.32 Å². The van der Waals surface area contributed by atoms with Gasteiger partial charge in [-0.15, -0.1) is 11.8 Å². The van der Waals surface area contributed by atoms with Crippen LogP contribution in [0.5, 0.6) is 0 Å². The lowest BCUT2D eigenvalue weighted by Gasteiger charge is -2.12. The van der Waals surface area contributed by atoms with Crippen LogP contribution in [-0.2, 0) is 4.79 Å². The van der Waals surface area contributed by atoms with Crippen LogP contribution < -0.4 is 5.32 Å². The van der Waals surface area contributed by atoms with E-state index in [1.165, 1.54) is 30.0 Å². The largest absolute Gasteiger partial charge is 0.325 e. The van der Waals surface area contributed by atoms with Gasteiger partial charge in [-0.1, -0.05) is 17.7 Å². The van der Waals surface area contributed by atoms with E-state index in [-0.39, 0.29) is 16.8 Å². The second-order valence-corrected chi connectivity index (χ2v) is 6.36. The number of anilines is 1. The fourth-order valence-electron chi connectivity index (χ4n) is 1.71. The normalized spacial score (nSPS) is 11.7. The molecule has 0 heterocycles. The first-order valence-corrected chi connectivity index (χ1v) is 7.69. The van der Waals surface area contributed by atoms with E-state index in [1.807, 2.05) is 12.1 Å². The van der Waals surface area contributed by atoms with Crippen molar-refractivity contribution in [3.8, 4) is 0 Å². The Morgan fingerprint density at radius 2 is 1.95 bits per heavy atom. The Morgan fingerprint density at radius 1 is 1.27 bits per heavy atom. The third-order valence-corrected chi connectivity index (χ3v) is 4.18. The smallest absolute Gasteiger partial charge is 0.271 e. The van der Waals surface area contributed by atoms with Crippen molar-refractivity contribution in [3.63, 3.8) is 0 Å². The SMILES string of the molecule is C[C@H](Sc1ccc(Cl)cc1)C(=O)Nc1cccc([N+](=O)[O-])c1. The maximum absolute atomic E-state index is 12.1. The lowest BCUT2D eigenvalue weighted by atomic mass is 10.2. The van der Waals surface area contributed by atoms with Crippen LogP contribution in [0.1, 0.15) is 6.92 Å². The number of carbonyl (C=O) groups excluding carboxylic acids is 1. The van der Waals surface area contributed by atoms with Gasteiger partial charge in [-0.2, -0.15) is 0 Å². The molecule has 1 amide bonds. The number of nitrogens with one attached hydrogen (secondary N) is 1. The second kappa shape index (κ2) is 7.29. The number of nitrogens with zero attached hydrogens (tertiary/aromatic N) is 1. The molecule has 2 aromatic rings. The molecule has 0 radical (unpaired) electrons. The van der Waals surface area contributed by atoms with Crippen molar-refractivity contribution < 1.29 is 9.72 Å². The van der Waals surface area contributed by atoms with E-state index in [9.17, 15) is 14.9 Å². The summed E-state index contributed by atoms with van der Waals surface area (Å²) in [4.78, 5) is 23.3. The van der Waals surface area contributed by atoms with Crippen molar-refractivity contribution in [2.24, 2.45) is 0 Å². The molecule has 114 valence electrons. The van der Waals surface area contributed by atoms with Gasteiger partial charge in [-0.3, -0.25) is 14.9 Å². The van der Waals surface area contributed by atoms with Gasteiger partial charge in [-0.05, 0) is 37.3 Å². The quantitative estimate of drug-likeness (QED) is 0.500. The maximum Gasteiger partial charge on any atom is 0.271 e. The van der Waals surface area contributed by atoms with Crippen molar-refractivity contribution in [2.45, 2.75) is 17.1 Å². The summed E-state index contributed by atoms with van der Waals surface area (Å²) < 4.78 is 0. The third kappa shape index (κ3) is 4.47. The average Bonchev–Trinajstić information content (AvgIpc) is 2.49. The molecule has 0 fully saturated rings. The van der Waals surface area contributed by atoms with Crippen LogP contribution in [0, 0.1) is 10.1 Å². The van der Waals surface area contributed by atoms with Gasteiger partial charge in [0, 0.05) is 27.7 Å². The summed E-state index contributed by atoms with van der Waals surface area (Å²) in [6.07, 6.45) is 0. The lowest BCUT2D eigenvalue weighted by Crippen LogP contribution is -2.22. The molecule has 0 aromatic heterocycles. The van der Waals surface area contributed by atoms with Crippen LogP contribution in [-0.4, -0.2) is 16.1 Å². The standard InChI is InChI=1S/C15H13ClN2O3S/c1-10(22-14-7-5-11(16)6-8-14)15(19)17-12-3-2-4-13(9-12)18(20)21/h2-10H,1H3,(H,17,19)/t10-/m0/s1. The molecule has 0 aliphatic carbocycles. The number of benzene rings is 2. The Hall–Kier alpha value is -2.05. The Morgan fingerprint density at radius 3 is 2.59 bits per heavy atom. The number of hydrogen-bond acceptors (Lipinski definition) is 4. The highest BCUT2D eigenvalue weighted by atomic mass is 35.5. The van der Waals surface area contributed by atoms with E-state index in [0.717, 1.165) is 4.90 Å². The van der Waals surface area contributed by atoms with Gasteiger partial charge < -0.3 is 5.32 Å². The molecule has 0 spiro atoms. The number of nitro benzene ring substituents is 1. The number of rotatable bonds is 5. The van der Waals surface area contributed by atoms with Crippen molar-refractivity contribution in [3.05, 3.63) is 63.7 Å². The Kier molecular flexibility index (Phi) is 5.41. The fourth-order valence-corrected chi connectivity index (χ4v) is 2.71. The monoisotopic (exact) mass is 336 g/mol. The zero-order valence-electron chi connectivity index (χ0n) is 11.7. The van der Waals surface area contributed by atoms with Gasteiger partial charge in [0.25, 0.3) is 5.69 Å². The molecular weight excluding hydrogens is 324 g/mol. The minimum Gasteiger partial charge on any atom is -0.325 e. The number of non-ortho nitro benzene ring substituents is 1. The predicted molar refractivity (Wildman–Crippen MR) is 88.5 cm³/mol. The van der Waals surface area contributed by atoms with Crippen molar-refractivity contribution in [2.75, 3.05) is 5.32 Å². The molecule has 0 saturated carbocycles. The van der Waals surface area contributed by atoms with Crippen molar-refractivity contribution in [1.29, 1.82) is 0 Å². The first-order chi connectivity index (χ1) is 10.5. The Labute approximate surface area is 136 Å². The summed E-state index contributed by atoms with van der Waals surface area (Å²) in [6, 6.07) is 13.0. The molecule has 5 nitrogen and oxygen atoms in total. The summed E-state index contributed by atoms with van der Waals surface area (Å²) >= 11 is 7.20. The molecule has 1 atom stereocenters. The van der Waals surface area contributed by atoms with Crippen LogP contribution in [0.2, 0.25) is 5.02 Å². The highest BCUT2D eigenvalue weighted by Gasteiger charge is 2.15. The summed E-state index contributed by atoms with van der Waals surface area (Å²) in [5, 5.41) is 13.7. The number of nitro groups is 1. The summed E-state index contributed by atoms with van der Waals surface area (Å²) in [5.41, 5.74) is 0.346. The maximum atomic E-state index is 12.1. The minimum absolute atomic E-state index is 0.0594. The molecular formula is C15H13ClN2O3S. The molecule has 0 aliphatic heterocycles. The van der Waals surface area contributed by atoms with Gasteiger partial charge in [0.2, 0.25) is 5.91 Å². The van der Waals surface area contributed by atoms with Crippen molar-refractivity contribution in [1.82, 2.24) is 0 Å². The highest BCUT2D eigenvalue weighted by molar-refractivity contribution is 8.00. The van der Waals surface area contributed by atoms with Gasteiger partial charge in [-0.25, -0.2) is 0 Å². The second-order valence-electron chi connectivity index (χ2n) is 4.51. The molecule has 1 N–H and O–H groups in total. The summed E-state index contributed by atoms with van der Waals surface area (Å²) in [7, 11) is 0. The van der Waals surface area contributed by atoms with E-state index < -0.39 is 4.92 Å². The minimum atomic E-state index is -0.498. The molecule has 0 saturated heterocycles. The summed E-state index contributed by atoms with van der Waals surface area (Å²) in [5.74, 6) is -0.222. The summed E-state index contributed by atoms with van der Waals surface area (Å²) in [6.45, 7) is 1.77. The van der Waals surface area contributed by atoms with Crippen LogP contribution in [0.15, 0.2) is 53.4 Å². The first kappa shape index (κ1) is 16.3. The van der Waals surface area contributed by atoms with Gasteiger partial charge in [0.1, 0.15) is 0 Å². The molecule has 22 heavy (non-hydrogen) atoms. The predicted octanol–water partition coefficient (Wildman–Crippen LogP) is 4.37. The molecule has 7 heteroatoms. The number of carbonyl (C=O) groups is 1. The number of hydrogen-bond donors (Lipinski definition) is 1. The van der Waals surface area contributed by atoms with E-state index in [1.54, 1.807) is 25.1 Å². The van der Waals surface area contributed by atoms with Crippen LogP contribution >= 0.6 is 23.4 Å². The number of amides is 1. The molecule has 2 aromatic carbocycles. The number of halogens is 1. The average molecular weight is 337 g/mol. The number of thioether (sulfide) groups is 1. The van der Waals surface area contributed by atoms with E-state index in [4.69, 9.17) is 11.6 Å². The van der Waals surface area contributed by atoms with Crippen LogP contribution in [0.3, 0.4) is 0 Å². The molecule has 0 aliphatic rings. The van der Waals surface area contributed by atoms with Crippen molar-refractivity contribution >= 4 is 40.6 Å². The third-order valence-electron chi connectivity index (χ3n) is 2.82. The first-order valence-electron chi connectivity index (χ1n) is 6.43. The van der Waals surface area contributed by atoms with Crippen LogP contribution in [0.25, 0.3) is 0 Å².